The minimum absolute atomic E-state index is 0.158. The summed E-state index contributed by atoms with van der Waals surface area (Å²) in [7, 11) is -0.313. The van der Waals surface area contributed by atoms with Crippen molar-refractivity contribution in [1.82, 2.24) is 14.5 Å². The molecule has 1 unspecified atom stereocenters. The van der Waals surface area contributed by atoms with Crippen molar-refractivity contribution in [3.05, 3.63) is 95.6 Å². The highest BCUT2D eigenvalue weighted by molar-refractivity contribution is 7.89. The van der Waals surface area contributed by atoms with Crippen LogP contribution in [0, 0.1) is 0 Å². The number of rotatable bonds is 12. The molecule has 1 N–H and O–H groups in total. The van der Waals surface area contributed by atoms with Gasteiger partial charge in [-0.2, -0.15) is 4.31 Å². The summed E-state index contributed by atoms with van der Waals surface area (Å²) in [6.45, 7) is 1.37. The molecule has 0 radical (unpaired) electrons. The third kappa shape index (κ3) is 7.28. The van der Waals surface area contributed by atoms with Crippen LogP contribution >= 0.6 is 0 Å². The van der Waals surface area contributed by atoms with Gasteiger partial charge in [0.05, 0.1) is 12.0 Å². The lowest BCUT2D eigenvalue weighted by molar-refractivity contribution is -0.141. The molecular formula is C31H37N3O5S. The van der Waals surface area contributed by atoms with Gasteiger partial charge in [0, 0.05) is 39.5 Å². The van der Waals surface area contributed by atoms with Crippen LogP contribution in [0.2, 0.25) is 0 Å². The summed E-state index contributed by atoms with van der Waals surface area (Å²) in [5, 5.41) is 2.73. The first-order valence-corrected chi connectivity index (χ1v) is 15.0. The van der Waals surface area contributed by atoms with Gasteiger partial charge in [-0.25, -0.2) is 8.42 Å². The molecule has 9 heteroatoms. The van der Waals surface area contributed by atoms with E-state index in [-0.39, 0.29) is 29.7 Å². The van der Waals surface area contributed by atoms with Crippen molar-refractivity contribution in [3.63, 3.8) is 0 Å². The van der Waals surface area contributed by atoms with E-state index in [1.54, 1.807) is 43.3 Å². The molecule has 0 spiro atoms. The maximum Gasteiger partial charge on any atom is 0.243 e. The molecule has 1 aliphatic rings. The number of ether oxygens (including phenoxy) is 1. The first-order valence-electron chi connectivity index (χ1n) is 13.6. The number of hydrogen-bond acceptors (Lipinski definition) is 5. The van der Waals surface area contributed by atoms with Crippen LogP contribution in [0.3, 0.4) is 0 Å². The van der Waals surface area contributed by atoms with Crippen molar-refractivity contribution in [2.45, 2.75) is 49.6 Å². The number of methoxy groups -OCH3 is 1. The second kappa shape index (κ2) is 13.6. The van der Waals surface area contributed by atoms with Crippen LogP contribution < -0.4 is 10.1 Å². The number of likely N-dealkylation sites (N-methyl/N-ethyl adjacent to an activating group) is 1. The number of amides is 2. The standard InChI is InChI=1S/C31H37N3O5S/c1-32-31(36)29(22-25-8-4-3-5-9-25)34(23-26-10-15-27(39-2)16-11-26)30(35)19-14-24-12-17-28(18-13-24)40(37,38)33-20-6-7-21-33/h3-5,8-13,15-18,29H,6-7,14,19-23H2,1-2H3,(H,32,36). The predicted octanol–water partition coefficient (Wildman–Crippen LogP) is 3.80. The smallest absolute Gasteiger partial charge is 0.243 e. The molecule has 3 aromatic rings. The van der Waals surface area contributed by atoms with E-state index in [9.17, 15) is 18.0 Å². The van der Waals surface area contributed by atoms with Gasteiger partial charge in [0.2, 0.25) is 21.8 Å². The third-order valence-electron chi connectivity index (χ3n) is 7.28. The van der Waals surface area contributed by atoms with E-state index >= 15 is 0 Å². The fourth-order valence-electron chi connectivity index (χ4n) is 4.95. The van der Waals surface area contributed by atoms with Crippen molar-refractivity contribution < 1.29 is 22.7 Å². The molecular weight excluding hydrogens is 526 g/mol. The molecule has 1 saturated heterocycles. The fourth-order valence-corrected chi connectivity index (χ4v) is 6.47. The van der Waals surface area contributed by atoms with Gasteiger partial charge in [-0.1, -0.05) is 54.6 Å². The second-order valence-electron chi connectivity index (χ2n) is 9.94. The minimum Gasteiger partial charge on any atom is -0.497 e. The molecule has 2 amide bonds. The Bertz CT molecular complexity index is 1370. The molecule has 0 saturated carbocycles. The molecule has 0 aromatic heterocycles. The molecule has 212 valence electrons. The monoisotopic (exact) mass is 563 g/mol. The van der Waals surface area contributed by atoms with Crippen molar-refractivity contribution in [1.29, 1.82) is 0 Å². The number of sulfonamides is 1. The minimum atomic E-state index is -3.49. The van der Waals surface area contributed by atoms with Crippen molar-refractivity contribution >= 4 is 21.8 Å². The molecule has 1 heterocycles. The van der Waals surface area contributed by atoms with Crippen LogP contribution in [-0.4, -0.2) is 62.7 Å². The number of nitrogens with zero attached hydrogens (tertiary/aromatic N) is 2. The molecule has 0 aliphatic carbocycles. The predicted molar refractivity (Wildman–Crippen MR) is 154 cm³/mol. The van der Waals surface area contributed by atoms with Crippen LogP contribution in [0.15, 0.2) is 83.8 Å². The quantitative estimate of drug-likeness (QED) is 0.362. The number of hydrogen-bond donors (Lipinski definition) is 1. The van der Waals surface area contributed by atoms with Crippen LogP contribution in [0.25, 0.3) is 0 Å². The summed E-state index contributed by atoms with van der Waals surface area (Å²) in [6, 6.07) is 23.2. The largest absolute Gasteiger partial charge is 0.497 e. The lowest BCUT2D eigenvalue weighted by Gasteiger charge is -2.31. The lowest BCUT2D eigenvalue weighted by atomic mass is 10.0. The number of benzene rings is 3. The average Bonchev–Trinajstić information content (AvgIpc) is 3.55. The topological polar surface area (TPSA) is 96.0 Å². The summed E-state index contributed by atoms with van der Waals surface area (Å²) in [6.07, 6.45) is 2.75. The lowest BCUT2D eigenvalue weighted by Crippen LogP contribution is -2.49. The van der Waals surface area contributed by atoms with E-state index in [1.807, 2.05) is 54.6 Å². The van der Waals surface area contributed by atoms with E-state index in [0.29, 0.717) is 31.7 Å². The van der Waals surface area contributed by atoms with Gasteiger partial charge >= 0.3 is 0 Å². The Morgan fingerprint density at radius 1 is 0.900 bits per heavy atom. The maximum atomic E-state index is 13.7. The first-order chi connectivity index (χ1) is 19.3. The molecule has 40 heavy (non-hydrogen) atoms. The van der Waals surface area contributed by atoms with Gasteiger partial charge in [-0.3, -0.25) is 9.59 Å². The van der Waals surface area contributed by atoms with Crippen molar-refractivity contribution in [2.24, 2.45) is 0 Å². The molecule has 1 fully saturated rings. The zero-order chi connectivity index (χ0) is 28.5. The van der Waals surface area contributed by atoms with E-state index in [4.69, 9.17) is 4.74 Å². The van der Waals surface area contributed by atoms with E-state index < -0.39 is 16.1 Å². The van der Waals surface area contributed by atoms with Gasteiger partial charge in [0.1, 0.15) is 11.8 Å². The van der Waals surface area contributed by atoms with Gasteiger partial charge < -0.3 is 15.0 Å². The SMILES string of the molecule is CNC(=O)C(Cc1ccccc1)N(Cc1ccc(OC)cc1)C(=O)CCc1ccc(S(=O)(=O)N2CCCC2)cc1. The molecule has 1 aliphatic heterocycles. The third-order valence-corrected chi connectivity index (χ3v) is 9.20. The highest BCUT2D eigenvalue weighted by Crippen LogP contribution is 2.22. The van der Waals surface area contributed by atoms with Gasteiger partial charge in [-0.05, 0) is 60.2 Å². The molecule has 4 rings (SSSR count). The average molecular weight is 564 g/mol. The van der Waals surface area contributed by atoms with Crippen LogP contribution in [0.4, 0.5) is 0 Å². The number of nitrogens with one attached hydrogen (secondary N) is 1. The summed E-state index contributed by atoms with van der Waals surface area (Å²) >= 11 is 0. The Balaban J connectivity index is 1.52. The highest BCUT2D eigenvalue weighted by Gasteiger charge is 2.30. The summed E-state index contributed by atoms with van der Waals surface area (Å²) in [4.78, 5) is 28.7. The van der Waals surface area contributed by atoms with E-state index in [1.165, 1.54) is 4.31 Å². The summed E-state index contributed by atoms with van der Waals surface area (Å²) < 4.78 is 32.5. The summed E-state index contributed by atoms with van der Waals surface area (Å²) in [5.74, 6) is 0.320. The Kier molecular flexibility index (Phi) is 9.95. The number of carbonyl (C=O) groups is 2. The van der Waals surface area contributed by atoms with Crippen LogP contribution in [-0.2, 0) is 39.0 Å². The highest BCUT2D eigenvalue weighted by atomic mass is 32.2. The Labute approximate surface area is 237 Å². The van der Waals surface area contributed by atoms with Crippen molar-refractivity contribution in [3.8, 4) is 5.75 Å². The zero-order valence-electron chi connectivity index (χ0n) is 23.1. The number of carbonyl (C=O) groups excluding carboxylic acids is 2. The zero-order valence-corrected chi connectivity index (χ0v) is 23.9. The van der Waals surface area contributed by atoms with Gasteiger partial charge in [0.25, 0.3) is 0 Å². The maximum absolute atomic E-state index is 13.7. The van der Waals surface area contributed by atoms with E-state index in [0.717, 1.165) is 29.5 Å². The fraction of sp³-hybridized carbons (Fsp3) is 0.355. The Morgan fingerprint density at radius 2 is 1.52 bits per heavy atom. The molecule has 3 aromatic carbocycles. The molecule has 1 atom stereocenters. The van der Waals surface area contributed by atoms with Crippen molar-refractivity contribution in [2.75, 3.05) is 27.2 Å². The van der Waals surface area contributed by atoms with Gasteiger partial charge in [0.15, 0.2) is 0 Å². The molecule has 8 nitrogen and oxygen atoms in total. The normalized spacial score (nSPS) is 14.4. The van der Waals surface area contributed by atoms with Crippen LogP contribution in [0.1, 0.15) is 36.0 Å². The number of aryl methyl sites for hydroxylation is 1. The Morgan fingerprint density at radius 3 is 2.12 bits per heavy atom. The first kappa shape index (κ1) is 29.3. The second-order valence-corrected chi connectivity index (χ2v) is 11.9. The summed E-state index contributed by atoms with van der Waals surface area (Å²) in [5.41, 5.74) is 2.70. The van der Waals surface area contributed by atoms with Crippen LogP contribution in [0.5, 0.6) is 5.75 Å². The van der Waals surface area contributed by atoms with E-state index in [2.05, 4.69) is 5.32 Å². The van der Waals surface area contributed by atoms with Gasteiger partial charge in [-0.15, -0.1) is 0 Å². The molecule has 0 bridgehead atoms. The Hall–Kier alpha value is -3.69.